The molecule has 0 aromatic heterocycles. The minimum Gasteiger partial charge on any atom is -0.433 e. The molecular formula is C11H13NO6. The van der Waals surface area contributed by atoms with E-state index in [0.717, 1.165) is 0 Å². The van der Waals surface area contributed by atoms with Crippen molar-refractivity contribution in [3.63, 3.8) is 0 Å². The Kier molecular flexibility index (Phi) is 5.06. The Balaban J connectivity index is 2.66. The zero-order valence-corrected chi connectivity index (χ0v) is 9.94. The van der Waals surface area contributed by atoms with Gasteiger partial charge in [0.25, 0.3) is 5.09 Å². The number of hydrogen-bond acceptors (Lipinski definition) is 6. The lowest BCUT2D eigenvalue weighted by molar-refractivity contribution is -0.777. The van der Waals surface area contributed by atoms with Crippen LogP contribution < -0.4 is 0 Å². The van der Waals surface area contributed by atoms with Crippen LogP contribution in [0.3, 0.4) is 0 Å². The highest BCUT2D eigenvalue weighted by atomic mass is 17.0. The Hall–Kier alpha value is -2.15. The molecule has 0 fully saturated rings. The van der Waals surface area contributed by atoms with E-state index in [0.29, 0.717) is 5.56 Å². The van der Waals surface area contributed by atoms with Crippen LogP contribution in [-0.2, 0) is 19.1 Å². The maximum Gasteiger partial charge on any atom is 0.341 e. The first-order valence-electron chi connectivity index (χ1n) is 5.14. The molecule has 0 bridgehead atoms. The number of carbonyl (C=O) groups excluding carboxylic acids is 1. The van der Waals surface area contributed by atoms with Crippen LogP contribution in [-0.4, -0.2) is 24.5 Å². The zero-order chi connectivity index (χ0) is 13.5. The summed E-state index contributed by atoms with van der Waals surface area (Å²) in [6, 6.07) is 8.65. The van der Waals surface area contributed by atoms with E-state index >= 15 is 0 Å². The van der Waals surface area contributed by atoms with Gasteiger partial charge >= 0.3 is 5.97 Å². The highest BCUT2D eigenvalue weighted by Crippen LogP contribution is 2.18. The van der Waals surface area contributed by atoms with Crippen LogP contribution >= 0.6 is 0 Å². The van der Waals surface area contributed by atoms with Crippen LogP contribution in [0, 0.1) is 10.1 Å². The summed E-state index contributed by atoms with van der Waals surface area (Å²) in [7, 11) is 1.35. The summed E-state index contributed by atoms with van der Waals surface area (Å²) >= 11 is 0. The van der Waals surface area contributed by atoms with Gasteiger partial charge in [0, 0.05) is 7.11 Å². The fourth-order valence-corrected chi connectivity index (χ4v) is 1.36. The zero-order valence-electron chi connectivity index (χ0n) is 9.94. The van der Waals surface area contributed by atoms with Gasteiger partial charge in [0.2, 0.25) is 6.29 Å². The molecule has 1 aromatic rings. The molecular weight excluding hydrogens is 242 g/mol. The molecule has 7 nitrogen and oxygen atoms in total. The van der Waals surface area contributed by atoms with Gasteiger partial charge in [0.05, 0.1) is 0 Å². The monoisotopic (exact) mass is 255 g/mol. The van der Waals surface area contributed by atoms with E-state index in [1.165, 1.54) is 14.0 Å². The van der Waals surface area contributed by atoms with Gasteiger partial charge in [-0.05, 0) is 12.5 Å². The normalized spacial score (nSPS) is 13.4. The molecule has 1 aromatic carbocycles. The van der Waals surface area contributed by atoms with Crippen molar-refractivity contribution in [2.75, 3.05) is 7.11 Å². The molecule has 0 aliphatic carbocycles. The second-order valence-electron chi connectivity index (χ2n) is 3.36. The fraction of sp³-hybridized carbons (Fsp3) is 0.364. The third kappa shape index (κ3) is 4.02. The maximum atomic E-state index is 11.7. The van der Waals surface area contributed by atoms with Crippen molar-refractivity contribution in [1.82, 2.24) is 0 Å². The number of esters is 1. The van der Waals surface area contributed by atoms with E-state index in [1.54, 1.807) is 30.3 Å². The van der Waals surface area contributed by atoms with E-state index < -0.39 is 23.4 Å². The predicted octanol–water partition coefficient (Wildman–Crippen LogP) is 1.47. The average Bonchev–Trinajstić information content (AvgIpc) is 2.29. The van der Waals surface area contributed by atoms with E-state index in [2.05, 4.69) is 4.84 Å². The molecule has 0 aliphatic heterocycles. The van der Waals surface area contributed by atoms with Gasteiger partial charge in [-0.2, -0.15) is 0 Å². The second kappa shape index (κ2) is 6.55. The summed E-state index contributed by atoms with van der Waals surface area (Å²) < 4.78 is 9.74. The van der Waals surface area contributed by atoms with Crippen LogP contribution in [0.4, 0.5) is 0 Å². The number of methoxy groups -OCH3 is 1. The van der Waals surface area contributed by atoms with Crippen LogP contribution in [0.2, 0.25) is 0 Å². The second-order valence-corrected chi connectivity index (χ2v) is 3.36. The molecule has 2 unspecified atom stereocenters. The van der Waals surface area contributed by atoms with Gasteiger partial charge in [-0.25, -0.2) is 4.79 Å². The molecule has 0 saturated heterocycles. The smallest absolute Gasteiger partial charge is 0.341 e. The van der Waals surface area contributed by atoms with Crippen LogP contribution in [0.15, 0.2) is 30.3 Å². The van der Waals surface area contributed by atoms with Crippen molar-refractivity contribution < 1.29 is 24.2 Å². The maximum absolute atomic E-state index is 11.7. The Morgan fingerprint density at radius 2 is 1.94 bits per heavy atom. The topological polar surface area (TPSA) is 87.9 Å². The van der Waals surface area contributed by atoms with Gasteiger partial charge in [-0.15, -0.1) is 10.1 Å². The van der Waals surface area contributed by atoms with E-state index in [1.807, 2.05) is 0 Å². The van der Waals surface area contributed by atoms with Crippen molar-refractivity contribution in [3.8, 4) is 0 Å². The third-order valence-electron chi connectivity index (χ3n) is 2.07. The molecule has 0 aliphatic rings. The minimum atomic E-state index is -1.28. The highest BCUT2D eigenvalue weighted by Gasteiger charge is 2.24. The number of benzene rings is 1. The van der Waals surface area contributed by atoms with Gasteiger partial charge < -0.3 is 9.47 Å². The van der Waals surface area contributed by atoms with E-state index in [-0.39, 0.29) is 0 Å². The lowest BCUT2D eigenvalue weighted by Gasteiger charge is -2.17. The summed E-state index contributed by atoms with van der Waals surface area (Å²) in [4.78, 5) is 25.9. The molecule has 0 radical (unpaired) electrons. The average molecular weight is 255 g/mol. The Morgan fingerprint density at radius 3 is 2.44 bits per heavy atom. The summed E-state index contributed by atoms with van der Waals surface area (Å²) in [6.45, 7) is 1.25. The van der Waals surface area contributed by atoms with Crippen LogP contribution in [0.1, 0.15) is 18.6 Å². The Bertz CT molecular complexity index is 407. The lowest BCUT2D eigenvalue weighted by Crippen LogP contribution is -2.25. The largest absolute Gasteiger partial charge is 0.433 e. The molecule has 2 atom stereocenters. The van der Waals surface area contributed by atoms with Gasteiger partial charge in [0.1, 0.15) is 0 Å². The third-order valence-corrected chi connectivity index (χ3v) is 2.07. The fourth-order valence-electron chi connectivity index (χ4n) is 1.36. The van der Waals surface area contributed by atoms with Crippen molar-refractivity contribution in [2.45, 2.75) is 19.3 Å². The molecule has 0 spiro atoms. The number of rotatable bonds is 6. The summed E-state index contributed by atoms with van der Waals surface area (Å²) in [5.41, 5.74) is 0.596. The van der Waals surface area contributed by atoms with E-state index in [4.69, 9.17) is 9.47 Å². The van der Waals surface area contributed by atoms with Crippen molar-refractivity contribution >= 4 is 5.97 Å². The van der Waals surface area contributed by atoms with Gasteiger partial charge in [-0.3, -0.25) is 4.84 Å². The Labute approximate surface area is 103 Å². The molecule has 0 amide bonds. The highest BCUT2D eigenvalue weighted by molar-refractivity contribution is 5.76. The predicted molar refractivity (Wildman–Crippen MR) is 59.8 cm³/mol. The standard InChI is InChI=1S/C11H13NO6/c1-8(18-12(14)15)17-11(13)10(16-2)9-6-4-3-5-7-9/h3-8,10H,1-2H3. The molecule has 0 N–H and O–H groups in total. The van der Waals surface area contributed by atoms with Crippen molar-refractivity contribution in [2.24, 2.45) is 0 Å². The minimum absolute atomic E-state index is 0.596. The first-order chi connectivity index (χ1) is 8.54. The quantitative estimate of drug-likeness (QED) is 0.331. The number of hydrogen-bond donors (Lipinski definition) is 0. The van der Waals surface area contributed by atoms with Crippen LogP contribution in [0.25, 0.3) is 0 Å². The number of nitrogens with zero attached hydrogens (tertiary/aromatic N) is 1. The molecule has 18 heavy (non-hydrogen) atoms. The first-order valence-corrected chi connectivity index (χ1v) is 5.14. The van der Waals surface area contributed by atoms with Gasteiger partial charge in [-0.1, -0.05) is 30.3 Å². The summed E-state index contributed by atoms with van der Waals surface area (Å²) in [5, 5.41) is 9.04. The van der Waals surface area contributed by atoms with Gasteiger partial charge in [0.15, 0.2) is 6.10 Å². The SMILES string of the molecule is COC(C(=O)OC(C)O[N+](=O)[O-])c1ccccc1. The summed E-state index contributed by atoms with van der Waals surface area (Å²) in [6.07, 6.45) is -2.22. The first kappa shape index (κ1) is 13.9. The van der Waals surface area contributed by atoms with Crippen molar-refractivity contribution in [3.05, 3.63) is 46.0 Å². The van der Waals surface area contributed by atoms with Crippen molar-refractivity contribution in [1.29, 1.82) is 0 Å². The number of ether oxygens (including phenoxy) is 2. The molecule has 1 rings (SSSR count). The molecule has 98 valence electrons. The summed E-state index contributed by atoms with van der Waals surface area (Å²) in [5.74, 6) is -0.752. The lowest BCUT2D eigenvalue weighted by atomic mass is 10.1. The van der Waals surface area contributed by atoms with Crippen LogP contribution in [0.5, 0.6) is 0 Å². The van der Waals surface area contributed by atoms with E-state index in [9.17, 15) is 14.9 Å². The number of carbonyl (C=O) groups is 1. The molecule has 7 heteroatoms. The molecule has 0 saturated carbocycles. The molecule has 0 heterocycles. The Morgan fingerprint density at radius 1 is 1.33 bits per heavy atom.